The van der Waals surface area contributed by atoms with Crippen molar-refractivity contribution < 1.29 is 14.6 Å². The van der Waals surface area contributed by atoms with Crippen molar-refractivity contribution in [3.05, 3.63) is 84.3 Å². The fourth-order valence-electron chi connectivity index (χ4n) is 3.60. The van der Waals surface area contributed by atoms with Crippen molar-refractivity contribution >= 4 is 11.0 Å². The van der Waals surface area contributed by atoms with E-state index in [1.54, 1.807) is 12.4 Å². The zero-order valence-corrected chi connectivity index (χ0v) is 15.6. The van der Waals surface area contributed by atoms with Gasteiger partial charge < -0.3 is 14.6 Å². The maximum atomic E-state index is 10.9. The maximum Gasteiger partial charge on any atom is 0.238 e. The van der Waals surface area contributed by atoms with Gasteiger partial charge in [-0.1, -0.05) is 18.2 Å². The van der Waals surface area contributed by atoms with Crippen LogP contribution in [0.2, 0.25) is 0 Å². The van der Waals surface area contributed by atoms with Crippen LogP contribution in [-0.4, -0.2) is 26.7 Å². The van der Waals surface area contributed by atoms with Crippen LogP contribution < -0.4 is 9.47 Å². The molecule has 0 saturated carbocycles. The molecule has 0 radical (unpaired) electrons. The lowest BCUT2D eigenvalue weighted by molar-refractivity contribution is 0.0505. The summed E-state index contributed by atoms with van der Waals surface area (Å²) >= 11 is 0. The fraction of sp³-hybridized carbons (Fsp3) is 0.174. The normalized spacial score (nSPS) is 18.1. The molecule has 144 valence electrons. The second-order valence-electron chi connectivity index (χ2n) is 7.08. The van der Waals surface area contributed by atoms with Crippen LogP contribution in [0.1, 0.15) is 17.2 Å². The van der Waals surface area contributed by atoms with E-state index in [9.17, 15) is 5.11 Å². The molecule has 0 bridgehead atoms. The molecule has 0 spiro atoms. The molecular formula is C23H19N3O3. The van der Waals surface area contributed by atoms with E-state index in [2.05, 4.69) is 15.0 Å². The summed E-state index contributed by atoms with van der Waals surface area (Å²) in [6, 6.07) is 17.0. The SMILES string of the molecule is O[C@H]1c2cc(Oc3cnc4ccccc4n3)ccc2OC[C@H]1Cc1cccnc1. The molecule has 6 nitrogen and oxygen atoms in total. The maximum absolute atomic E-state index is 10.9. The highest BCUT2D eigenvalue weighted by molar-refractivity contribution is 5.74. The quantitative estimate of drug-likeness (QED) is 0.570. The molecule has 4 aromatic rings. The summed E-state index contributed by atoms with van der Waals surface area (Å²) < 4.78 is 11.8. The zero-order valence-electron chi connectivity index (χ0n) is 15.6. The average molecular weight is 385 g/mol. The molecule has 6 heteroatoms. The van der Waals surface area contributed by atoms with Gasteiger partial charge in [0.25, 0.3) is 0 Å². The molecule has 0 fully saturated rings. The van der Waals surface area contributed by atoms with E-state index in [1.165, 1.54) is 0 Å². The minimum atomic E-state index is -0.648. The number of rotatable bonds is 4. The average Bonchev–Trinajstić information content (AvgIpc) is 2.77. The Balaban J connectivity index is 1.38. The van der Waals surface area contributed by atoms with Gasteiger partial charge in [-0.3, -0.25) is 4.98 Å². The molecule has 0 amide bonds. The van der Waals surface area contributed by atoms with Crippen LogP contribution in [0.3, 0.4) is 0 Å². The van der Waals surface area contributed by atoms with Gasteiger partial charge in [0, 0.05) is 23.9 Å². The van der Waals surface area contributed by atoms with E-state index in [0.717, 1.165) is 22.2 Å². The summed E-state index contributed by atoms with van der Waals surface area (Å²) in [5, 5.41) is 10.9. The lowest BCUT2D eigenvalue weighted by atomic mass is 9.88. The van der Waals surface area contributed by atoms with E-state index in [1.807, 2.05) is 60.8 Å². The number of hydrogen-bond donors (Lipinski definition) is 1. The monoisotopic (exact) mass is 385 g/mol. The van der Waals surface area contributed by atoms with Crippen LogP contribution in [0.4, 0.5) is 0 Å². The van der Waals surface area contributed by atoms with Gasteiger partial charge in [-0.2, -0.15) is 0 Å². The third-order valence-corrected chi connectivity index (χ3v) is 5.07. The molecule has 2 aromatic carbocycles. The van der Waals surface area contributed by atoms with Crippen LogP contribution in [0.15, 0.2) is 73.2 Å². The summed E-state index contributed by atoms with van der Waals surface area (Å²) in [7, 11) is 0. The molecule has 0 saturated heterocycles. The third-order valence-electron chi connectivity index (χ3n) is 5.07. The molecular weight excluding hydrogens is 366 g/mol. The van der Waals surface area contributed by atoms with Crippen molar-refractivity contribution in [2.24, 2.45) is 5.92 Å². The van der Waals surface area contributed by atoms with Gasteiger partial charge in [0.15, 0.2) is 0 Å². The molecule has 29 heavy (non-hydrogen) atoms. The fourth-order valence-corrected chi connectivity index (χ4v) is 3.60. The predicted octanol–water partition coefficient (Wildman–Crippen LogP) is 4.10. The second kappa shape index (κ2) is 7.48. The number of aliphatic hydroxyl groups excluding tert-OH is 1. The molecule has 1 aliphatic rings. The van der Waals surface area contributed by atoms with E-state index in [0.29, 0.717) is 30.4 Å². The molecule has 5 rings (SSSR count). The number of hydrogen-bond acceptors (Lipinski definition) is 6. The first kappa shape index (κ1) is 17.6. The third kappa shape index (κ3) is 3.62. The number of aliphatic hydroxyl groups is 1. The Hall–Kier alpha value is -3.51. The topological polar surface area (TPSA) is 77.4 Å². The first-order valence-electron chi connectivity index (χ1n) is 9.49. The lowest BCUT2D eigenvalue weighted by Gasteiger charge is -2.30. The first-order valence-corrected chi connectivity index (χ1v) is 9.49. The van der Waals surface area contributed by atoms with Gasteiger partial charge in [-0.15, -0.1) is 0 Å². The van der Waals surface area contributed by atoms with Crippen LogP contribution in [-0.2, 0) is 6.42 Å². The number of pyridine rings is 1. The first-order chi connectivity index (χ1) is 14.3. The van der Waals surface area contributed by atoms with Crippen LogP contribution in [0.25, 0.3) is 11.0 Å². The molecule has 1 aliphatic heterocycles. The van der Waals surface area contributed by atoms with E-state index < -0.39 is 6.10 Å². The van der Waals surface area contributed by atoms with E-state index in [4.69, 9.17) is 9.47 Å². The Morgan fingerprint density at radius 1 is 1.03 bits per heavy atom. The molecule has 3 heterocycles. The molecule has 0 aliphatic carbocycles. The summed E-state index contributed by atoms with van der Waals surface area (Å²) in [5.74, 6) is 1.61. The number of aromatic nitrogens is 3. The summed E-state index contributed by atoms with van der Waals surface area (Å²) in [4.78, 5) is 13.0. The minimum Gasteiger partial charge on any atom is -0.493 e. The number of fused-ring (bicyclic) bond motifs is 2. The predicted molar refractivity (Wildman–Crippen MR) is 108 cm³/mol. The molecule has 0 unspecified atom stereocenters. The van der Waals surface area contributed by atoms with Gasteiger partial charge in [-0.25, -0.2) is 9.97 Å². The second-order valence-corrected chi connectivity index (χ2v) is 7.08. The Labute approximate surface area is 167 Å². The Morgan fingerprint density at radius 3 is 2.79 bits per heavy atom. The van der Waals surface area contributed by atoms with Crippen molar-refractivity contribution in [1.29, 1.82) is 0 Å². The van der Waals surface area contributed by atoms with Crippen molar-refractivity contribution in [2.75, 3.05) is 6.61 Å². The smallest absolute Gasteiger partial charge is 0.238 e. The Bertz CT molecular complexity index is 1150. The minimum absolute atomic E-state index is 0.0533. The van der Waals surface area contributed by atoms with Crippen molar-refractivity contribution in [3.8, 4) is 17.4 Å². The number of ether oxygens (including phenoxy) is 2. The van der Waals surface area contributed by atoms with Crippen LogP contribution in [0, 0.1) is 5.92 Å². The summed E-state index contributed by atoms with van der Waals surface area (Å²) in [6.45, 7) is 0.458. The summed E-state index contributed by atoms with van der Waals surface area (Å²) in [5.41, 5.74) is 3.37. The van der Waals surface area contributed by atoms with Gasteiger partial charge in [0.2, 0.25) is 5.88 Å². The van der Waals surface area contributed by atoms with Crippen molar-refractivity contribution in [3.63, 3.8) is 0 Å². The highest BCUT2D eigenvalue weighted by Crippen LogP contribution is 2.39. The Kier molecular flexibility index (Phi) is 4.54. The van der Waals surface area contributed by atoms with Gasteiger partial charge in [0.05, 0.1) is 29.9 Å². The molecule has 2 aromatic heterocycles. The standard InChI is InChI=1S/C23H19N3O3/c27-23-16(10-15-4-3-9-24-12-15)14-28-21-8-7-17(11-18(21)23)29-22-13-25-19-5-1-2-6-20(19)26-22/h1-9,11-13,16,23,27H,10,14H2/t16-,23-/m1/s1. The van der Waals surface area contributed by atoms with Gasteiger partial charge >= 0.3 is 0 Å². The number of benzene rings is 2. The van der Waals surface area contributed by atoms with E-state index in [-0.39, 0.29) is 5.92 Å². The number of para-hydroxylation sites is 2. The van der Waals surface area contributed by atoms with Gasteiger partial charge in [-0.05, 0) is 48.4 Å². The highest BCUT2D eigenvalue weighted by Gasteiger charge is 2.30. The van der Waals surface area contributed by atoms with Crippen molar-refractivity contribution in [1.82, 2.24) is 15.0 Å². The Morgan fingerprint density at radius 2 is 1.93 bits per heavy atom. The van der Waals surface area contributed by atoms with Crippen molar-refractivity contribution in [2.45, 2.75) is 12.5 Å². The molecule has 2 atom stereocenters. The highest BCUT2D eigenvalue weighted by atomic mass is 16.5. The zero-order chi connectivity index (χ0) is 19.6. The van der Waals surface area contributed by atoms with Crippen LogP contribution in [0.5, 0.6) is 17.4 Å². The van der Waals surface area contributed by atoms with Gasteiger partial charge in [0.1, 0.15) is 11.5 Å². The largest absolute Gasteiger partial charge is 0.493 e. The van der Waals surface area contributed by atoms with Crippen LogP contribution >= 0.6 is 0 Å². The molecule has 1 N–H and O–H groups in total. The lowest BCUT2D eigenvalue weighted by Crippen LogP contribution is -2.27. The van der Waals surface area contributed by atoms with E-state index >= 15 is 0 Å². The summed E-state index contributed by atoms with van der Waals surface area (Å²) in [6.07, 6.45) is 5.20. The number of nitrogens with zero attached hydrogens (tertiary/aromatic N) is 3.